The van der Waals surface area contributed by atoms with E-state index in [0.717, 1.165) is 24.6 Å². The van der Waals surface area contributed by atoms with E-state index in [0.29, 0.717) is 19.8 Å². The van der Waals surface area contributed by atoms with Gasteiger partial charge in [0.1, 0.15) is 5.82 Å². The lowest BCUT2D eigenvalue weighted by atomic mass is 9.85. The number of nitrogens with zero attached hydrogens (tertiary/aromatic N) is 1. The molecule has 0 aromatic heterocycles. The maximum atomic E-state index is 13.0. The first kappa shape index (κ1) is 18.4. The first-order valence-corrected chi connectivity index (χ1v) is 7.85. The van der Waals surface area contributed by atoms with Gasteiger partial charge in [-0.15, -0.1) is 0 Å². The molecule has 1 aromatic rings. The monoisotopic (exact) mass is 309 g/mol. The van der Waals surface area contributed by atoms with Gasteiger partial charge in [-0.2, -0.15) is 0 Å². The van der Waals surface area contributed by atoms with E-state index in [9.17, 15) is 4.39 Å². The second-order valence-corrected chi connectivity index (χ2v) is 5.71. The lowest BCUT2D eigenvalue weighted by molar-refractivity contribution is 0.152. The lowest BCUT2D eigenvalue weighted by Crippen LogP contribution is -2.40. The van der Waals surface area contributed by atoms with Crippen LogP contribution in [-0.4, -0.2) is 38.8 Å². The summed E-state index contributed by atoms with van der Waals surface area (Å²) >= 11 is 0. The van der Waals surface area contributed by atoms with Gasteiger partial charge in [0, 0.05) is 25.1 Å². The predicted molar refractivity (Wildman–Crippen MR) is 89.9 cm³/mol. The first-order valence-electron chi connectivity index (χ1n) is 7.85. The normalized spacial score (nSPS) is 12.3. The number of nitrogens with one attached hydrogen (secondary N) is 2. The highest BCUT2D eigenvalue weighted by atomic mass is 19.1. The van der Waals surface area contributed by atoms with Crippen molar-refractivity contribution in [1.29, 1.82) is 0 Å². The van der Waals surface area contributed by atoms with E-state index in [1.54, 1.807) is 0 Å². The molecule has 124 valence electrons. The van der Waals surface area contributed by atoms with E-state index in [1.165, 1.54) is 12.1 Å². The Morgan fingerprint density at radius 2 is 1.86 bits per heavy atom. The molecule has 0 amide bonds. The van der Waals surface area contributed by atoms with Crippen molar-refractivity contribution >= 4 is 5.96 Å². The Balaban J connectivity index is 2.64. The van der Waals surface area contributed by atoms with Gasteiger partial charge < -0.3 is 15.4 Å². The average Bonchev–Trinajstić information content (AvgIpc) is 2.49. The van der Waals surface area contributed by atoms with Crippen molar-refractivity contribution in [3.05, 3.63) is 35.6 Å². The van der Waals surface area contributed by atoms with E-state index < -0.39 is 0 Å². The molecule has 0 spiro atoms. The summed E-state index contributed by atoms with van der Waals surface area (Å²) in [6, 6.07) is 6.62. The van der Waals surface area contributed by atoms with Crippen LogP contribution in [0.15, 0.2) is 29.3 Å². The van der Waals surface area contributed by atoms with E-state index in [-0.39, 0.29) is 11.2 Å². The van der Waals surface area contributed by atoms with Gasteiger partial charge in [-0.05, 0) is 31.5 Å². The Kier molecular flexibility index (Phi) is 7.88. The van der Waals surface area contributed by atoms with Crippen LogP contribution in [0.4, 0.5) is 4.39 Å². The van der Waals surface area contributed by atoms with Crippen molar-refractivity contribution in [2.45, 2.75) is 33.1 Å². The van der Waals surface area contributed by atoms with Crippen LogP contribution in [0, 0.1) is 5.82 Å². The number of hydrogen-bond acceptors (Lipinski definition) is 2. The van der Waals surface area contributed by atoms with Gasteiger partial charge in [0.05, 0.1) is 13.2 Å². The largest absolute Gasteiger partial charge is 0.380 e. The molecule has 0 unspecified atom stereocenters. The van der Waals surface area contributed by atoms with Crippen LogP contribution in [0.5, 0.6) is 0 Å². The molecular formula is C17H28FN3O. The van der Waals surface area contributed by atoms with E-state index in [4.69, 9.17) is 4.74 Å². The van der Waals surface area contributed by atoms with Gasteiger partial charge in [0.15, 0.2) is 5.96 Å². The Bertz CT molecular complexity index is 457. The van der Waals surface area contributed by atoms with E-state index in [1.807, 2.05) is 26.0 Å². The minimum Gasteiger partial charge on any atom is -0.380 e. The first-order chi connectivity index (χ1) is 10.5. The zero-order valence-corrected chi connectivity index (χ0v) is 14.1. The summed E-state index contributed by atoms with van der Waals surface area (Å²) in [5.41, 5.74) is 0.915. The molecular weight excluding hydrogens is 281 g/mol. The van der Waals surface area contributed by atoms with Crippen molar-refractivity contribution in [2.24, 2.45) is 4.99 Å². The smallest absolute Gasteiger partial charge is 0.191 e. The number of halogens is 1. The Hall–Kier alpha value is -1.62. The summed E-state index contributed by atoms with van der Waals surface area (Å²) < 4.78 is 18.3. The molecule has 22 heavy (non-hydrogen) atoms. The van der Waals surface area contributed by atoms with Crippen LogP contribution in [0.2, 0.25) is 0 Å². The average molecular weight is 309 g/mol. The number of aliphatic imine (C=N–C) groups is 1. The van der Waals surface area contributed by atoms with Crippen molar-refractivity contribution in [3.8, 4) is 0 Å². The second-order valence-electron chi connectivity index (χ2n) is 5.71. The van der Waals surface area contributed by atoms with E-state index >= 15 is 0 Å². The standard InChI is InChI=1S/C17H28FN3O/c1-5-19-16(20-11-12-22-6-2)21-13-17(3,4)14-7-9-15(18)10-8-14/h7-10H,5-6,11-13H2,1-4H3,(H2,19,20,21). The van der Waals surface area contributed by atoms with E-state index in [2.05, 4.69) is 29.5 Å². The molecule has 0 radical (unpaired) electrons. The molecule has 0 aliphatic rings. The number of benzene rings is 1. The fourth-order valence-corrected chi connectivity index (χ4v) is 2.00. The Morgan fingerprint density at radius 3 is 2.45 bits per heavy atom. The van der Waals surface area contributed by atoms with Crippen molar-refractivity contribution in [2.75, 3.05) is 32.8 Å². The molecule has 0 aliphatic heterocycles. The van der Waals surface area contributed by atoms with Gasteiger partial charge in [0.2, 0.25) is 0 Å². The van der Waals surface area contributed by atoms with Crippen LogP contribution >= 0.6 is 0 Å². The quantitative estimate of drug-likeness (QED) is 0.441. The van der Waals surface area contributed by atoms with Gasteiger partial charge in [-0.3, -0.25) is 4.99 Å². The van der Waals surface area contributed by atoms with Crippen LogP contribution in [0.1, 0.15) is 33.3 Å². The molecule has 1 aromatic carbocycles. The van der Waals surface area contributed by atoms with Gasteiger partial charge in [0.25, 0.3) is 0 Å². The van der Waals surface area contributed by atoms with Crippen LogP contribution in [-0.2, 0) is 10.2 Å². The summed E-state index contributed by atoms with van der Waals surface area (Å²) in [7, 11) is 0. The van der Waals surface area contributed by atoms with Crippen LogP contribution in [0.25, 0.3) is 0 Å². The minimum atomic E-state index is -0.214. The van der Waals surface area contributed by atoms with Crippen LogP contribution in [0.3, 0.4) is 0 Å². The molecule has 2 N–H and O–H groups in total. The maximum absolute atomic E-state index is 13.0. The summed E-state index contributed by atoms with van der Waals surface area (Å²) in [6.45, 7) is 11.7. The number of guanidine groups is 1. The Morgan fingerprint density at radius 1 is 1.18 bits per heavy atom. The summed E-state index contributed by atoms with van der Waals surface area (Å²) in [6.07, 6.45) is 0. The molecule has 0 bridgehead atoms. The Labute approximate surface area is 133 Å². The number of hydrogen-bond donors (Lipinski definition) is 2. The zero-order chi connectivity index (χ0) is 16.4. The molecule has 0 aliphatic carbocycles. The minimum absolute atomic E-state index is 0.157. The topological polar surface area (TPSA) is 45.7 Å². The third-order valence-electron chi connectivity index (χ3n) is 3.35. The van der Waals surface area contributed by atoms with Gasteiger partial charge in [-0.1, -0.05) is 26.0 Å². The number of ether oxygens (including phenoxy) is 1. The predicted octanol–water partition coefficient (Wildman–Crippen LogP) is 2.69. The highest BCUT2D eigenvalue weighted by Crippen LogP contribution is 2.23. The van der Waals surface area contributed by atoms with Gasteiger partial charge in [-0.25, -0.2) is 4.39 Å². The fraction of sp³-hybridized carbons (Fsp3) is 0.588. The molecule has 0 fully saturated rings. The molecule has 0 atom stereocenters. The third kappa shape index (κ3) is 6.43. The molecule has 0 saturated heterocycles. The fourth-order valence-electron chi connectivity index (χ4n) is 2.00. The van der Waals surface area contributed by atoms with Crippen molar-refractivity contribution in [1.82, 2.24) is 10.6 Å². The summed E-state index contributed by atoms with van der Waals surface area (Å²) in [5.74, 6) is 0.561. The molecule has 1 rings (SSSR count). The highest BCUT2D eigenvalue weighted by molar-refractivity contribution is 5.79. The lowest BCUT2D eigenvalue weighted by Gasteiger charge is -2.24. The zero-order valence-electron chi connectivity index (χ0n) is 14.1. The molecule has 0 heterocycles. The third-order valence-corrected chi connectivity index (χ3v) is 3.35. The molecule has 0 saturated carbocycles. The summed E-state index contributed by atoms with van der Waals surface area (Å²) in [4.78, 5) is 4.63. The van der Waals surface area contributed by atoms with Crippen LogP contribution < -0.4 is 10.6 Å². The summed E-state index contributed by atoms with van der Waals surface area (Å²) in [5, 5.41) is 6.46. The maximum Gasteiger partial charge on any atom is 0.191 e. The number of rotatable bonds is 8. The van der Waals surface area contributed by atoms with Gasteiger partial charge >= 0.3 is 0 Å². The SMILES string of the molecule is CCNC(=NCC(C)(C)c1ccc(F)cc1)NCCOCC. The highest BCUT2D eigenvalue weighted by Gasteiger charge is 2.20. The van der Waals surface area contributed by atoms with Crippen molar-refractivity contribution in [3.63, 3.8) is 0 Å². The van der Waals surface area contributed by atoms with Crippen molar-refractivity contribution < 1.29 is 9.13 Å². The second kappa shape index (κ2) is 9.41. The molecule has 5 heteroatoms. The molecule has 4 nitrogen and oxygen atoms in total.